The lowest BCUT2D eigenvalue weighted by Gasteiger charge is -2.00. The van der Waals surface area contributed by atoms with Crippen LogP contribution in [0.3, 0.4) is 0 Å². The van der Waals surface area contributed by atoms with Gasteiger partial charge in [-0.3, -0.25) is 0 Å². The van der Waals surface area contributed by atoms with Crippen molar-refractivity contribution < 1.29 is 0 Å². The average molecular weight is 175 g/mol. The van der Waals surface area contributed by atoms with Crippen LogP contribution in [0.5, 0.6) is 0 Å². The fraction of sp³-hybridized carbons (Fsp3) is 0.200. The Bertz CT molecular complexity index is 383. The van der Waals surface area contributed by atoms with Gasteiger partial charge in [0.25, 0.3) is 0 Å². The summed E-state index contributed by atoms with van der Waals surface area (Å²) in [5, 5.41) is 0. The molecule has 0 unspecified atom stereocenters. The van der Waals surface area contributed by atoms with E-state index < -0.39 is 0 Å². The number of nitrogens with zero attached hydrogens (tertiary/aromatic N) is 2. The van der Waals surface area contributed by atoms with Crippen molar-refractivity contribution in [3.05, 3.63) is 35.7 Å². The standard InChI is InChI=1S/C10H10N2.H3N/c1-7-8(2)12-10-6-4-3-5-9(10)11-7;/h3-6H,1-2H3;1H3. The molecule has 0 atom stereocenters. The largest absolute Gasteiger partial charge is 0.344 e. The SMILES string of the molecule is Cc1nc2ccccc2nc1C.N. The molecule has 0 amide bonds. The summed E-state index contributed by atoms with van der Waals surface area (Å²) in [6, 6.07) is 7.92. The lowest BCUT2D eigenvalue weighted by molar-refractivity contribution is 1.10. The van der Waals surface area contributed by atoms with Gasteiger partial charge in [-0.05, 0) is 26.0 Å². The molecule has 0 bridgehead atoms. The maximum Gasteiger partial charge on any atom is 0.0890 e. The van der Waals surface area contributed by atoms with Crippen molar-refractivity contribution in [3.8, 4) is 0 Å². The van der Waals surface area contributed by atoms with Crippen LogP contribution in [0.4, 0.5) is 0 Å². The molecule has 1 aromatic heterocycles. The Kier molecular flexibility index (Phi) is 2.58. The predicted octanol–water partition coefficient (Wildman–Crippen LogP) is 2.41. The van der Waals surface area contributed by atoms with Gasteiger partial charge < -0.3 is 6.15 Å². The zero-order valence-electron chi connectivity index (χ0n) is 7.91. The first-order chi connectivity index (χ1) is 5.77. The Morgan fingerprint density at radius 2 is 1.23 bits per heavy atom. The number of aryl methyl sites for hydroxylation is 2. The maximum atomic E-state index is 4.41. The Morgan fingerprint density at radius 3 is 1.62 bits per heavy atom. The number of hydrogen-bond donors (Lipinski definition) is 1. The van der Waals surface area contributed by atoms with Gasteiger partial charge in [-0.1, -0.05) is 12.1 Å². The summed E-state index contributed by atoms with van der Waals surface area (Å²) in [7, 11) is 0. The summed E-state index contributed by atoms with van der Waals surface area (Å²) in [4.78, 5) is 8.83. The molecule has 0 spiro atoms. The van der Waals surface area contributed by atoms with E-state index in [-0.39, 0.29) is 6.15 Å². The first kappa shape index (κ1) is 9.61. The van der Waals surface area contributed by atoms with Gasteiger partial charge in [0, 0.05) is 0 Å². The van der Waals surface area contributed by atoms with Crippen molar-refractivity contribution in [2.24, 2.45) is 0 Å². The minimum Gasteiger partial charge on any atom is -0.344 e. The third-order valence-corrected chi connectivity index (χ3v) is 1.98. The highest BCUT2D eigenvalue weighted by Crippen LogP contribution is 2.10. The Labute approximate surface area is 77.4 Å². The van der Waals surface area contributed by atoms with Gasteiger partial charge in [0.2, 0.25) is 0 Å². The molecule has 0 aliphatic carbocycles. The molecule has 68 valence electrons. The summed E-state index contributed by atoms with van der Waals surface area (Å²) >= 11 is 0. The highest BCUT2D eigenvalue weighted by Gasteiger charge is 1.98. The molecule has 2 aromatic rings. The van der Waals surface area contributed by atoms with Crippen LogP contribution in [0.25, 0.3) is 11.0 Å². The van der Waals surface area contributed by atoms with E-state index in [9.17, 15) is 0 Å². The molecule has 0 fully saturated rings. The van der Waals surface area contributed by atoms with Crippen LogP contribution in [-0.4, -0.2) is 9.97 Å². The summed E-state index contributed by atoms with van der Waals surface area (Å²) in [6.45, 7) is 3.96. The zero-order valence-corrected chi connectivity index (χ0v) is 7.91. The van der Waals surface area contributed by atoms with E-state index in [0.29, 0.717) is 0 Å². The van der Waals surface area contributed by atoms with Crippen LogP contribution < -0.4 is 6.15 Å². The highest BCUT2D eigenvalue weighted by atomic mass is 14.8. The lowest BCUT2D eigenvalue weighted by atomic mass is 10.2. The molecule has 1 aromatic carbocycles. The molecule has 3 nitrogen and oxygen atoms in total. The Balaban J connectivity index is 0.000000845. The molecule has 0 radical (unpaired) electrons. The molecule has 3 N–H and O–H groups in total. The van der Waals surface area contributed by atoms with Gasteiger partial charge in [0.15, 0.2) is 0 Å². The second-order valence-electron chi connectivity index (χ2n) is 2.88. The summed E-state index contributed by atoms with van der Waals surface area (Å²) in [6.07, 6.45) is 0. The van der Waals surface area contributed by atoms with Crippen LogP contribution in [0, 0.1) is 13.8 Å². The van der Waals surface area contributed by atoms with E-state index >= 15 is 0 Å². The third kappa shape index (κ3) is 1.65. The van der Waals surface area contributed by atoms with Crippen LogP contribution in [0.15, 0.2) is 24.3 Å². The van der Waals surface area contributed by atoms with Crippen LogP contribution in [0.2, 0.25) is 0 Å². The monoisotopic (exact) mass is 175 g/mol. The van der Waals surface area contributed by atoms with Gasteiger partial charge in [-0.2, -0.15) is 0 Å². The van der Waals surface area contributed by atoms with E-state index in [1.54, 1.807) is 0 Å². The fourth-order valence-electron chi connectivity index (χ4n) is 1.18. The van der Waals surface area contributed by atoms with E-state index in [1.165, 1.54) is 0 Å². The Morgan fingerprint density at radius 1 is 0.846 bits per heavy atom. The number of hydrogen-bond acceptors (Lipinski definition) is 3. The van der Waals surface area contributed by atoms with Crippen molar-refractivity contribution in [1.29, 1.82) is 0 Å². The molecule has 0 aliphatic heterocycles. The average Bonchev–Trinajstić information content (AvgIpc) is 2.07. The third-order valence-electron chi connectivity index (χ3n) is 1.98. The molecule has 13 heavy (non-hydrogen) atoms. The van der Waals surface area contributed by atoms with Crippen molar-refractivity contribution >= 4 is 11.0 Å². The van der Waals surface area contributed by atoms with Crippen molar-refractivity contribution in [3.63, 3.8) is 0 Å². The number of fused-ring (bicyclic) bond motifs is 1. The highest BCUT2D eigenvalue weighted by molar-refractivity contribution is 5.74. The smallest absolute Gasteiger partial charge is 0.0890 e. The predicted molar refractivity (Wildman–Crippen MR) is 54.0 cm³/mol. The molecule has 0 saturated heterocycles. The molecule has 1 heterocycles. The van der Waals surface area contributed by atoms with Crippen LogP contribution in [-0.2, 0) is 0 Å². The van der Waals surface area contributed by atoms with Gasteiger partial charge in [-0.25, -0.2) is 9.97 Å². The van der Waals surface area contributed by atoms with E-state index in [0.717, 1.165) is 22.4 Å². The molecule has 2 rings (SSSR count). The first-order valence-electron chi connectivity index (χ1n) is 3.97. The fourth-order valence-corrected chi connectivity index (χ4v) is 1.18. The van der Waals surface area contributed by atoms with Crippen molar-refractivity contribution in [2.45, 2.75) is 13.8 Å². The second kappa shape index (κ2) is 3.49. The molecule has 0 aliphatic rings. The van der Waals surface area contributed by atoms with Gasteiger partial charge in [0.1, 0.15) is 0 Å². The molecular weight excluding hydrogens is 162 g/mol. The summed E-state index contributed by atoms with van der Waals surface area (Å²) in [5.41, 5.74) is 3.96. The topological polar surface area (TPSA) is 60.8 Å². The van der Waals surface area contributed by atoms with Gasteiger partial charge >= 0.3 is 0 Å². The van der Waals surface area contributed by atoms with E-state index in [1.807, 2.05) is 38.1 Å². The quantitative estimate of drug-likeness (QED) is 0.668. The number of rotatable bonds is 0. The lowest BCUT2D eigenvalue weighted by Crippen LogP contribution is -1.92. The van der Waals surface area contributed by atoms with E-state index in [4.69, 9.17) is 0 Å². The maximum absolute atomic E-state index is 4.41. The second-order valence-corrected chi connectivity index (χ2v) is 2.88. The van der Waals surface area contributed by atoms with Gasteiger partial charge in [-0.15, -0.1) is 0 Å². The van der Waals surface area contributed by atoms with E-state index in [2.05, 4.69) is 9.97 Å². The molecular formula is C10H13N3. The van der Waals surface area contributed by atoms with Crippen LogP contribution in [0.1, 0.15) is 11.4 Å². The zero-order chi connectivity index (χ0) is 8.55. The summed E-state index contributed by atoms with van der Waals surface area (Å²) in [5.74, 6) is 0. The van der Waals surface area contributed by atoms with Gasteiger partial charge in [0.05, 0.1) is 22.4 Å². The van der Waals surface area contributed by atoms with Crippen molar-refractivity contribution in [2.75, 3.05) is 0 Å². The molecule has 3 heteroatoms. The number of aromatic nitrogens is 2. The minimum absolute atomic E-state index is 0. The summed E-state index contributed by atoms with van der Waals surface area (Å²) < 4.78 is 0. The minimum atomic E-state index is 0. The first-order valence-corrected chi connectivity index (χ1v) is 3.97. The number of para-hydroxylation sites is 2. The number of benzene rings is 1. The normalized spacial score (nSPS) is 9.69. The van der Waals surface area contributed by atoms with Crippen molar-refractivity contribution in [1.82, 2.24) is 16.1 Å². The van der Waals surface area contributed by atoms with Crippen LogP contribution >= 0.6 is 0 Å². The molecule has 0 saturated carbocycles. The Hall–Kier alpha value is -1.48.